The molecule has 1 aliphatic rings. The summed E-state index contributed by atoms with van der Waals surface area (Å²) in [5, 5.41) is 15.9. The van der Waals surface area contributed by atoms with E-state index in [1.165, 1.54) is 28.0 Å². The molecule has 0 aliphatic carbocycles. The van der Waals surface area contributed by atoms with E-state index in [1.54, 1.807) is 25.1 Å². The van der Waals surface area contributed by atoms with Crippen LogP contribution < -0.4 is 5.01 Å². The molecule has 0 bridgehead atoms. The second-order valence-electron chi connectivity index (χ2n) is 7.86. The number of carbonyl (C=O) groups is 2. The third-order valence-corrected chi connectivity index (χ3v) is 5.80. The predicted molar refractivity (Wildman–Crippen MR) is 128 cm³/mol. The summed E-state index contributed by atoms with van der Waals surface area (Å²) in [6, 6.07) is 14.8. The molecular formula is C26H25N3O3. The predicted octanol–water partition coefficient (Wildman–Crippen LogP) is 5.67. The van der Waals surface area contributed by atoms with Gasteiger partial charge in [0.1, 0.15) is 0 Å². The average molecular weight is 428 g/mol. The summed E-state index contributed by atoms with van der Waals surface area (Å²) in [4.78, 5) is 24.0. The number of fused-ring (bicyclic) bond motifs is 1. The minimum Gasteiger partial charge on any atom is -0.478 e. The lowest BCUT2D eigenvalue weighted by molar-refractivity contribution is -0.114. The number of para-hydroxylation sites is 1. The molecule has 6 nitrogen and oxygen atoms in total. The Morgan fingerprint density at radius 1 is 1.16 bits per heavy atom. The summed E-state index contributed by atoms with van der Waals surface area (Å²) >= 11 is 0. The molecule has 2 aromatic carbocycles. The average Bonchev–Trinajstić information content (AvgIpc) is 3.31. The number of aromatic carboxylic acids is 1. The molecule has 0 saturated heterocycles. The molecular weight excluding hydrogens is 402 g/mol. The number of rotatable bonds is 6. The summed E-state index contributed by atoms with van der Waals surface area (Å²) in [6.45, 7) is 6.17. The third kappa shape index (κ3) is 3.87. The first-order chi connectivity index (χ1) is 15.4. The topological polar surface area (TPSA) is 74.9 Å². The maximum absolute atomic E-state index is 12.9. The van der Waals surface area contributed by atoms with Gasteiger partial charge in [-0.2, -0.15) is 10.1 Å². The van der Waals surface area contributed by atoms with E-state index < -0.39 is 5.97 Å². The number of hydrazone groups is 1. The molecule has 0 spiro atoms. The fourth-order valence-electron chi connectivity index (χ4n) is 3.80. The zero-order valence-corrected chi connectivity index (χ0v) is 18.3. The van der Waals surface area contributed by atoms with Crippen LogP contribution in [0.2, 0.25) is 0 Å². The monoisotopic (exact) mass is 427 g/mol. The molecule has 3 aromatic rings. The number of anilines is 1. The van der Waals surface area contributed by atoms with E-state index in [2.05, 4.69) is 41.8 Å². The highest BCUT2D eigenvalue weighted by molar-refractivity contribution is 6.29. The lowest BCUT2D eigenvalue weighted by Gasteiger charge is -2.12. The fourth-order valence-corrected chi connectivity index (χ4v) is 3.80. The van der Waals surface area contributed by atoms with Gasteiger partial charge in [-0.25, -0.2) is 4.79 Å². The van der Waals surface area contributed by atoms with Gasteiger partial charge in [0.2, 0.25) is 0 Å². The molecule has 1 N–H and O–H groups in total. The molecule has 162 valence electrons. The molecule has 2 heterocycles. The van der Waals surface area contributed by atoms with Gasteiger partial charge in [-0.1, -0.05) is 37.3 Å². The van der Waals surface area contributed by atoms with Crippen molar-refractivity contribution in [1.82, 2.24) is 4.57 Å². The zero-order valence-electron chi connectivity index (χ0n) is 18.3. The number of benzene rings is 2. The van der Waals surface area contributed by atoms with Crippen molar-refractivity contribution in [2.45, 2.75) is 33.2 Å². The van der Waals surface area contributed by atoms with Gasteiger partial charge in [-0.3, -0.25) is 4.79 Å². The van der Waals surface area contributed by atoms with Gasteiger partial charge in [-0.15, -0.1) is 0 Å². The van der Waals surface area contributed by atoms with Crippen LogP contribution in [0.25, 0.3) is 17.0 Å². The number of amides is 1. The Balaban J connectivity index is 1.60. The Labute approximate surface area is 186 Å². The highest BCUT2D eigenvalue weighted by atomic mass is 16.4. The van der Waals surface area contributed by atoms with E-state index >= 15 is 0 Å². The normalized spacial score (nSPS) is 16.3. The SMILES string of the molecule is CCC(C)n1cc(/C=C/C=C2C(=O)N(c3ccc(C(=O)O)cc3)N=C2C)c2ccccc21. The minimum atomic E-state index is -1.01. The Hall–Kier alpha value is -3.93. The van der Waals surface area contributed by atoms with E-state index in [4.69, 9.17) is 5.11 Å². The van der Waals surface area contributed by atoms with Crippen molar-refractivity contribution in [3.8, 4) is 0 Å². The zero-order chi connectivity index (χ0) is 22.8. The highest BCUT2D eigenvalue weighted by Crippen LogP contribution is 2.28. The van der Waals surface area contributed by atoms with Crippen LogP contribution in [0.1, 0.15) is 49.2 Å². The van der Waals surface area contributed by atoms with Crippen molar-refractivity contribution in [3.05, 3.63) is 83.6 Å². The Morgan fingerprint density at radius 3 is 2.56 bits per heavy atom. The summed E-state index contributed by atoms with van der Waals surface area (Å²) in [7, 11) is 0. The summed E-state index contributed by atoms with van der Waals surface area (Å²) < 4.78 is 2.29. The Kier molecular flexibility index (Phi) is 5.77. The van der Waals surface area contributed by atoms with Crippen molar-refractivity contribution < 1.29 is 14.7 Å². The fraction of sp³-hybridized carbons (Fsp3) is 0.192. The second kappa shape index (κ2) is 8.67. The summed E-state index contributed by atoms with van der Waals surface area (Å²) in [5.41, 5.74) is 4.11. The maximum atomic E-state index is 12.9. The number of carboxylic acids is 1. The van der Waals surface area contributed by atoms with Gasteiger partial charge in [0, 0.05) is 23.1 Å². The smallest absolute Gasteiger partial charge is 0.335 e. The van der Waals surface area contributed by atoms with Gasteiger partial charge in [0.15, 0.2) is 0 Å². The van der Waals surface area contributed by atoms with Crippen LogP contribution in [0.4, 0.5) is 5.69 Å². The molecule has 0 radical (unpaired) electrons. The summed E-state index contributed by atoms with van der Waals surface area (Å²) in [6.07, 6.45) is 8.87. The van der Waals surface area contributed by atoms with Crippen molar-refractivity contribution >= 4 is 40.3 Å². The van der Waals surface area contributed by atoms with Crippen LogP contribution in [-0.2, 0) is 4.79 Å². The number of allylic oxidation sites excluding steroid dienone is 2. The number of hydrogen-bond donors (Lipinski definition) is 1. The Bertz CT molecular complexity index is 1280. The van der Waals surface area contributed by atoms with E-state index in [1.807, 2.05) is 24.3 Å². The second-order valence-corrected chi connectivity index (χ2v) is 7.86. The first kappa shape index (κ1) is 21.3. The number of carbonyl (C=O) groups excluding carboxylic acids is 1. The minimum absolute atomic E-state index is 0.163. The number of carboxylic acid groups (broad SMARTS) is 1. The molecule has 1 aliphatic heterocycles. The lowest BCUT2D eigenvalue weighted by Crippen LogP contribution is -2.21. The van der Waals surface area contributed by atoms with Crippen molar-refractivity contribution in [3.63, 3.8) is 0 Å². The molecule has 1 aromatic heterocycles. The molecule has 1 unspecified atom stereocenters. The largest absolute Gasteiger partial charge is 0.478 e. The third-order valence-electron chi connectivity index (χ3n) is 5.80. The van der Waals surface area contributed by atoms with Crippen molar-refractivity contribution in [2.75, 3.05) is 5.01 Å². The van der Waals surface area contributed by atoms with Crippen LogP contribution in [-0.4, -0.2) is 27.3 Å². The van der Waals surface area contributed by atoms with E-state index in [0.717, 1.165) is 12.0 Å². The van der Waals surface area contributed by atoms with Gasteiger partial charge in [0.25, 0.3) is 5.91 Å². The molecule has 4 rings (SSSR count). The van der Waals surface area contributed by atoms with Gasteiger partial charge in [-0.05, 0) is 62.2 Å². The first-order valence-electron chi connectivity index (χ1n) is 10.6. The number of nitrogens with zero attached hydrogens (tertiary/aromatic N) is 3. The number of hydrogen-bond acceptors (Lipinski definition) is 3. The molecule has 0 saturated carbocycles. The molecule has 1 amide bonds. The van der Waals surface area contributed by atoms with E-state index in [0.29, 0.717) is 23.0 Å². The van der Waals surface area contributed by atoms with Gasteiger partial charge in [0.05, 0.1) is 22.5 Å². The first-order valence-corrected chi connectivity index (χ1v) is 10.6. The Morgan fingerprint density at radius 2 is 1.88 bits per heavy atom. The van der Waals surface area contributed by atoms with Crippen LogP contribution >= 0.6 is 0 Å². The van der Waals surface area contributed by atoms with Crippen molar-refractivity contribution in [2.24, 2.45) is 5.10 Å². The molecule has 0 fully saturated rings. The highest BCUT2D eigenvalue weighted by Gasteiger charge is 2.28. The van der Waals surface area contributed by atoms with Gasteiger partial charge < -0.3 is 9.67 Å². The summed E-state index contributed by atoms with van der Waals surface area (Å²) in [5.74, 6) is -1.25. The van der Waals surface area contributed by atoms with Crippen LogP contribution in [0, 0.1) is 0 Å². The van der Waals surface area contributed by atoms with E-state index in [-0.39, 0.29) is 11.5 Å². The maximum Gasteiger partial charge on any atom is 0.335 e. The molecule has 32 heavy (non-hydrogen) atoms. The molecule has 1 atom stereocenters. The standard InChI is InChI=1S/C26H25N3O3/c1-4-17(2)28-16-20(23-9-5-6-11-24(23)28)8-7-10-22-18(3)27-29(25(22)30)21-14-12-19(13-15-21)26(31)32/h5-17H,4H2,1-3H3,(H,31,32)/b8-7+,22-10?. The number of aromatic nitrogens is 1. The van der Waals surface area contributed by atoms with Gasteiger partial charge >= 0.3 is 5.97 Å². The lowest BCUT2D eigenvalue weighted by atomic mass is 10.1. The quantitative estimate of drug-likeness (QED) is 0.515. The van der Waals surface area contributed by atoms with Crippen molar-refractivity contribution in [1.29, 1.82) is 0 Å². The van der Waals surface area contributed by atoms with Crippen LogP contribution in [0.15, 0.2) is 77.6 Å². The van der Waals surface area contributed by atoms with E-state index in [9.17, 15) is 9.59 Å². The van der Waals surface area contributed by atoms with Crippen LogP contribution in [0.5, 0.6) is 0 Å². The molecule has 6 heteroatoms. The van der Waals surface area contributed by atoms with Crippen LogP contribution in [0.3, 0.4) is 0 Å².